The number of hydrogen-bond donors (Lipinski definition) is 5. The van der Waals surface area contributed by atoms with Crippen molar-refractivity contribution in [1.29, 1.82) is 0 Å². The van der Waals surface area contributed by atoms with Crippen LogP contribution in [0.4, 0.5) is 0 Å². The second-order valence-electron chi connectivity index (χ2n) is 7.39. The second kappa shape index (κ2) is 7.49. The van der Waals surface area contributed by atoms with E-state index in [9.17, 15) is 25.2 Å². The van der Waals surface area contributed by atoms with Crippen LogP contribution in [-0.4, -0.2) is 62.5 Å². The fourth-order valence-electron chi connectivity index (χ4n) is 3.93. The summed E-state index contributed by atoms with van der Waals surface area (Å²) in [6.07, 6.45) is -5.12. The quantitative estimate of drug-likeness (QED) is 0.487. The van der Waals surface area contributed by atoms with Crippen molar-refractivity contribution in [2.75, 3.05) is 6.61 Å². The molecular weight excluding hydrogens is 380 g/mol. The maximum atomic E-state index is 11.0. The average molecular weight is 402 g/mol. The van der Waals surface area contributed by atoms with E-state index < -0.39 is 42.8 Å². The minimum atomic E-state index is -1.68. The van der Waals surface area contributed by atoms with Gasteiger partial charge < -0.3 is 35.0 Å². The number of carboxylic acids is 1. The Kier molecular flexibility index (Phi) is 5.16. The van der Waals surface area contributed by atoms with E-state index in [-0.39, 0.29) is 12.2 Å². The van der Waals surface area contributed by atoms with Crippen LogP contribution in [0.1, 0.15) is 32.6 Å². The molecule has 0 amide bonds. The zero-order valence-corrected chi connectivity index (χ0v) is 15.4. The summed E-state index contributed by atoms with van der Waals surface area (Å²) in [6, 6.07) is 12.1. The summed E-state index contributed by atoms with van der Waals surface area (Å²) >= 11 is 0. The van der Waals surface area contributed by atoms with E-state index in [1.807, 2.05) is 12.1 Å². The van der Waals surface area contributed by atoms with Crippen LogP contribution in [0.3, 0.4) is 0 Å². The van der Waals surface area contributed by atoms with Crippen LogP contribution in [0.5, 0.6) is 0 Å². The standard InChI is InChI=1S/C21H22O8/c22-9-16-17(23)18(24)19(25)21(29-16)15-8-12(3-6-14(15)10-28-21)7-11-1-4-13(5-2-11)20(26)27/h1-6,8,16-19,22-25H,7,9-10H2,(H,26,27)/t16-,17-,18+,19-,21?/m1/s1. The lowest BCUT2D eigenvalue weighted by molar-refractivity contribution is -0.368. The summed E-state index contributed by atoms with van der Waals surface area (Å²) in [5.41, 5.74) is 3.28. The molecule has 0 bridgehead atoms. The zero-order valence-electron chi connectivity index (χ0n) is 15.4. The zero-order chi connectivity index (χ0) is 20.8. The molecular formula is C21H22O8. The van der Waals surface area contributed by atoms with Gasteiger partial charge in [-0.05, 0) is 41.3 Å². The van der Waals surface area contributed by atoms with Gasteiger partial charge in [0.2, 0.25) is 5.79 Å². The van der Waals surface area contributed by atoms with Gasteiger partial charge in [-0.15, -0.1) is 0 Å². The molecule has 2 aromatic carbocycles. The minimum absolute atomic E-state index is 0.154. The summed E-state index contributed by atoms with van der Waals surface area (Å²) in [5.74, 6) is -2.67. The molecule has 154 valence electrons. The first-order valence-electron chi connectivity index (χ1n) is 9.27. The Morgan fingerprint density at radius 2 is 1.72 bits per heavy atom. The summed E-state index contributed by atoms with van der Waals surface area (Å²) in [4.78, 5) is 11.0. The number of aliphatic hydroxyl groups excluding tert-OH is 4. The van der Waals surface area contributed by atoms with E-state index in [1.165, 1.54) is 12.1 Å². The fourth-order valence-corrected chi connectivity index (χ4v) is 3.93. The molecule has 8 heteroatoms. The van der Waals surface area contributed by atoms with Crippen molar-refractivity contribution < 1.29 is 39.8 Å². The molecule has 0 radical (unpaired) electrons. The number of fused-ring (bicyclic) bond motifs is 2. The molecule has 5 atom stereocenters. The number of aliphatic hydroxyl groups is 4. The first-order chi connectivity index (χ1) is 13.9. The van der Waals surface area contributed by atoms with E-state index in [2.05, 4.69) is 0 Å². The van der Waals surface area contributed by atoms with Crippen LogP contribution in [0.15, 0.2) is 42.5 Å². The highest BCUT2D eigenvalue weighted by Crippen LogP contribution is 2.46. The van der Waals surface area contributed by atoms with Gasteiger partial charge in [0.1, 0.15) is 24.4 Å². The van der Waals surface area contributed by atoms with Crippen LogP contribution in [0.2, 0.25) is 0 Å². The predicted octanol–water partition coefficient (Wildman–Crippen LogP) is 0.132. The second-order valence-corrected chi connectivity index (χ2v) is 7.39. The lowest BCUT2D eigenvalue weighted by Crippen LogP contribution is -2.63. The lowest BCUT2D eigenvalue weighted by atomic mass is 9.86. The van der Waals surface area contributed by atoms with Crippen molar-refractivity contribution in [3.63, 3.8) is 0 Å². The predicted molar refractivity (Wildman–Crippen MR) is 99.1 cm³/mol. The maximum Gasteiger partial charge on any atom is 0.335 e. The van der Waals surface area contributed by atoms with E-state index in [0.717, 1.165) is 16.7 Å². The highest BCUT2D eigenvalue weighted by Gasteiger charge is 2.58. The first kappa shape index (κ1) is 20.0. The van der Waals surface area contributed by atoms with Crippen LogP contribution < -0.4 is 0 Å². The molecule has 0 aliphatic carbocycles. The molecule has 1 fully saturated rings. The third-order valence-electron chi connectivity index (χ3n) is 5.55. The fraction of sp³-hybridized carbons (Fsp3) is 0.381. The van der Waals surface area contributed by atoms with E-state index in [1.54, 1.807) is 18.2 Å². The van der Waals surface area contributed by atoms with Crippen LogP contribution in [-0.2, 0) is 28.3 Å². The van der Waals surface area contributed by atoms with Gasteiger partial charge >= 0.3 is 5.97 Å². The summed E-state index contributed by atoms with van der Waals surface area (Å²) in [6.45, 7) is -0.387. The summed E-state index contributed by atoms with van der Waals surface area (Å²) in [7, 11) is 0. The lowest BCUT2D eigenvalue weighted by Gasteiger charge is -2.46. The van der Waals surface area contributed by atoms with Gasteiger partial charge in [0.15, 0.2) is 0 Å². The van der Waals surface area contributed by atoms with Gasteiger partial charge in [-0.1, -0.05) is 24.3 Å². The van der Waals surface area contributed by atoms with Gasteiger partial charge in [0, 0.05) is 5.56 Å². The number of ether oxygens (including phenoxy) is 2. The van der Waals surface area contributed by atoms with Gasteiger partial charge in [-0.3, -0.25) is 0 Å². The van der Waals surface area contributed by atoms with E-state index in [0.29, 0.717) is 12.0 Å². The molecule has 1 spiro atoms. The Balaban J connectivity index is 1.65. The maximum absolute atomic E-state index is 11.0. The molecule has 2 aromatic rings. The van der Waals surface area contributed by atoms with Crippen molar-refractivity contribution in [2.24, 2.45) is 0 Å². The Bertz CT molecular complexity index is 909. The van der Waals surface area contributed by atoms with Crippen LogP contribution in [0.25, 0.3) is 0 Å². The average Bonchev–Trinajstić information content (AvgIpc) is 3.08. The molecule has 1 unspecified atom stereocenters. The SMILES string of the molecule is O=C(O)c1ccc(Cc2ccc3c(c2)C2(OC3)O[C@H](CO)[C@@H](O)[C@H](O)[C@H]2O)cc1. The Labute approximate surface area is 166 Å². The summed E-state index contributed by atoms with van der Waals surface area (Å²) < 4.78 is 11.5. The Hall–Kier alpha value is -2.33. The smallest absolute Gasteiger partial charge is 0.335 e. The molecule has 2 aliphatic heterocycles. The summed E-state index contributed by atoms with van der Waals surface area (Å²) in [5, 5.41) is 49.4. The highest BCUT2D eigenvalue weighted by molar-refractivity contribution is 5.87. The minimum Gasteiger partial charge on any atom is -0.478 e. The van der Waals surface area contributed by atoms with Crippen molar-refractivity contribution in [3.05, 3.63) is 70.3 Å². The number of carbonyl (C=O) groups is 1. The Morgan fingerprint density at radius 3 is 2.38 bits per heavy atom. The monoisotopic (exact) mass is 402 g/mol. The topological polar surface area (TPSA) is 137 Å². The van der Waals surface area contributed by atoms with E-state index in [4.69, 9.17) is 14.6 Å². The number of benzene rings is 2. The van der Waals surface area contributed by atoms with Crippen LogP contribution in [0, 0.1) is 0 Å². The normalized spacial score (nSPS) is 31.0. The van der Waals surface area contributed by atoms with Crippen molar-refractivity contribution in [3.8, 4) is 0 Å². The first-order valence-corrected chi connectivity index (χ1v) is 9.27. The molecule has 1 saturated heterocycles. The van der Waals surface area contributed by atoms with Crippen molar-refractivity contribution in [2.45, 2.75) is 43.2 Å². The molecule has 2 aliphatic rings. The number of hydrogen-bond acceptors (Lipinski definition) is 7. The number of carboxylic acid groups (broad SMARTS) is 1. The third kappa shape index (κ3) is 3.33. The molecule has 2 heterocycles. The van der Waals surface area contributed by atoms with Crippen molar-refractivity contribution in [1.82, 2.24) is 0 Å². The van der Waals surface area contributed by atoms with Gasteiger partial charge in [-0.2, -0.15) is 0 Å². The molecule has 5 N–H and O–H groups in total. The van der Waals surface area contributed by atoms with Crippen molar-refractivity contribution >= 4 is 5.97 Å². The van der Waals surface area contributed by atoms with Gasteiger partial charge in [0.05, 0.1) is 18.8 Å². The van der Waals surface area contributed by atoms with Gasteiger partial charge in [0.25, 0.3) is 0 Å². The molecule has 29 heavy (non-hydrogen) atoms. The van der Waals surface area contributed by atoms with E-state index >= 15 is 0 Å². The molecule has 0 aromatic heterocycles. The number of rotatable bonds is 4. The molecule has 8 nitrogen and oxygen atoms in total. The van der Waals surface area contributed by atoms with Gasteiger partial charge in [-0.25, -0.2) is 4.79 Å². The molecule has 4 rings (SSSR count). The number of aromatic carboxylic acids is 1. The Morgan fingerprint density at radius 1 is 1.03 bits per heavy atom. The largest absolute Gasteiger partial charge is 0.478 e. The van der Waals surface area contributed by atoms with Crippen LogP contribution >= 0.6 is 0 Å². The molecule has 0 saturated carbocycles. The highest BCUT2D eigenvalue weighted by atomic mass is 16.7. The third-order valence-corrected chi connectivity index (χ3v) is 5.55.